The number of hydrogen-bond acceptors (Lipinski definition) is 4. The van der Waals surface area contributed by atoms with E-state index in [-0.39, 0.29) is 6.04 Å². The summed E-state index contributed by atoms with van der Waals surface area (Å²) in [5.41, 5.74) is 8.44. The second kappa shape index (κ2) is 7.60. The predicted octanol–water partition coefficient (Wildman–Crippen LogP) is 2.90. The highest BCUT2D eigenvalue weighted by Gasteiger charge is 2.08. The zero-order valence-electron chi connectivity index (χ0n) is 11.8. The van der Waals surface area contributed by atoms with E-state index in [1.165, 1.54) is 5.56 Å². The fourth-order valence-corrected chi connectivity index (χ4v) is 1.97. The number of hydrogen-bond donors (Lipinski definition) is 1. The van der Waals surface area contributed by atoms with E-state index in [4.69, 9.17) is 10.5 Å². The van der Waals surface area contributed by atoms with Gasteiger partial charge in [0.25, 0.3) is 0 Å². The van der Waals surface area contributed by atoms with Crippen LogP contribution in [-0.4, -0.2) is 16.6 Å². The van der Waals surface area contributed by atoms with Crippen molar-refractivity contribution >= 4 is 0 Å². The topological polar surface area (TPSA) is 61.0 Å². The summed E-state index contributed by atoms with van der Waals surface area (Å²) < 4.78 is 5.58. The molecule has 0 saturated carbocycles. The van der Waals surface area contributed by atoms with Crippen LogP contribution in [0.5, 0.6) is 5.75 Å². The third-order valence-corrected chi connectivity index (χ3v) is 3.10. The van der Waals surface area contributed by atoms with Crippen LogP contribution in [-0.2, 0) is 6.42 Å². The Hall–Kier alpha value is -1.94. The summed E-state index contributed by atoms with van der Waals surface area (Å²) >= 11 is 0. The molecule has 20 heavy (non-hydrogen) atoms. The summed E-state index contributed by atoms with van der Waals surface area (Å²) in [6.07, 6.45) is 9.96. The van der Waals surface area contributed by atoms with Crippen molar-refractivity contribution in [3.63, 3.8) is 0 Å². The summed E-state index contributed by atoms with van der Waals surface area (Å²) in [6, 6.07) is 5.96. The molecule has 4 nitrogen and oxygen atoms in total. The Morgan fingerprint density at radius 3 is 2.90 bits per heavy atom. The lowest BCUT2D eigenvalue weighted by Crippen LogP contribution is -2.12. The van der Waals surface area contributed by atoms with E-state index in [9.17, 15) is 0 Å². The largest absolute Gasteiger partial charge is 0.492 e. The van der Waals surface area contributed by atoms with Gasteiger partial charge < -0.3 is 10.5 Å². The van der Waals surface area contributed by atoms with Crippen LogP contribution < -0.4 is 10.5 Å². The molecule has 0 saturated heterocycles. The molecule has 1 unspecified atom stereocenters. The van der Waals surface area contributed by atoms with E-state index in [2.05, 4.69) is 23.0 Å². The molecule has 4 heteroatoms. The van der Waals surface area contributed by atoms with Crippen LogP contribution in [0.2, 0.25) is 0 Å². The van der Waals surface area contributed by atoms with Crippen molar-refractivity contribution in [3.8, 4) is 5.75 Å². The fraction of sp³-hybridized carbons (Fsp3) is 0.375. The van der Waals surface area contributed by atoms with Gasteiger partial charge in [0, 0.05) is 24.6 Å². The minimum atomic E-state index is -0.0344. The van der Waals surface area contributed by atoms with Crippen LogP contribution in [0, 0.1) is 0 Å². The zero-order chi connectivity index (χ0) is 14.2. The maximum Gasteiger partial charge on any atom is 0.137 e. The van der Waals surface area contributed by atoms with Crippen LogP contribution in [0.25, 0.3) is 0 Å². The van der Waals surface area contributed by atoms with Gasteiger partial charge in [-0.05, 0) is 42.5 Å². The van der Waals surface area contributed by atoms with E-state index in [0.717, 1.165) is 30.6 Å². The first-order chi connectivity index (χ1) is 9.79. The molecule has 2 heterocycles. The summed E-state index contributed by atoms with van der Waals surface area (Å²) in [4.78, 5) is 8.31. The zero-order valence-corrected chi connectivity index (χ0v) is 11.8. The first-order valence-electron chi connectivity index (χ1n) is 7.02. The molecular formula is C16H21N3O. The molecule has 2 aromatic rings. The number of nitrogens with zero attached hydrogens (tertiary/aromatic N) is 2. The van der Waals surface area contributed by atoms with E-state index < -0.39 is 0 Å². The van der Waals surface area contributed by atoms with Gasteiger partial charge in [-0.1, -0.05) is 13.0 Å². The normalized spacial score (nSPS) is 12.1. The van der Waals surface area contributed by atoms with Crippen molar-refractivity contribution in [2.75, 3.05) is 6.61 Å². The number of rotatable bonds is 7. The molecule has 0 fully saturated rings. The van der Waals surface area contributed by atoms with Gasteiger partial charge in [-0.15, -0.1) is 0 Å². The Bertz CT molecular complexity index is 516. The molecule has 0 aliphatic rings. The summed E-state index contributed by atoms with van der Waals surface area (Å²) in [7, 11) is 0. The molecule has 0 amide bonds. The molecular weight excluding hydrogens is 250 g/mol. The lowest BCUT2D eigenvalue weighted by molar-refractivity contribution is 0.315. The van der Waals surface area contributed by atoms with Gasteiger partial charge >= 0.3 is 0 Å². The van der Waals surface area contributed by atoms with Crippen molar-refractivity contribution in [1.82, 2.24) is 9.97 Å². The Kier molecular flexibility index (Phi) is 5.50. The van der Waals surface area contributed by atoms with E-state index >= 15 is 0 Å². The molecule has 2 N–H and O–H groups in total. The number of pyridine rings is 2. The molecule has 0 radical (unpaired) electrons. The molecule has 0 aliphatic carbocycles. The molecule has 0 aliphatic heterocycles. The molecule has 2 rings (SSSR count). The van der Waals surface area contributed by atoms with Crippen LogP contribution in [0.4, 0.5) is 0 Å². The summed E-state index contributed by atoms with van der Waals surface area (Å²) in [6.45, 7) is 2.78. The third kappa shape index (κ3) is 4.31. The van der Waals surface area contributed by atoms with Gasteiger partial charge in [-0.3, -0.25) is 9.97 Å². The standard InChI is InChI=1S/C16H21N3O/c1-2-8-20-15-9-14(11-19-12-15)16(17)6-5-13-4-3-7-18-10-13/h3-4,7,9-12,16H,2,5-6,8,17H2,1H3. The highest BCUT2D eigenvalue weighted by Crippen LogP contribution is 2.20. The van der Waals surface area contributed by atoms with E-state index in [1.807, 2.05) is 24.5 Å². The van der Waals surface area contributed by atoms with Crippen molar-refractivity contribution < 1.29 is 4.74 Å². The van der Waals surface area contributed by atoms with Crippen LogP contribution in [0.15, 0.2) is 43.0 Å². The quantitative estimate of drug-likeness (QED) is 0.841. The summed E-state index contributed by atoms with van der Waals surface area (Å²) in [5, 5.41) is 0. The fourth-order valence-electron chi connectivity index (χ4n) is 1.97. The molecule has 0 spiro atoms. The van der Waals surface area contributed by atoms with Gasteiger partial charge in [0.15, 0.2) is 0 Å². The second-order valence-electron chi connectivity index (χ2n) is 4.81. The van der Waals surface area contributed by atoms with Crippen LogP contribution in [0.1, 0.15) is 36.9 Å². The van der Waals surface area contributed by atoms with Gasteiger partial charge in [0.2, 0.25) is 0 Å². The average molecular weight is 271 g/mol. The number of aryl methyl sites for hydroxylation is 1. The molecule has 0 aromatic carbocycles. The number of ether oxygens (including phenoxy) is 1. The number of aromatic nitrogens is 2. The average Bonchev–Trinajstić information content (AvgIpc) is 2.52. The maximum absolute atomic E-state index is 6.22. The molecule has 106 valence electrons. The van der Waals surface area contributed by atoms with Gasteiger partial charge in [-0.2, -0.15) is 0 Å². The van der Waals surface area contributed by atoms with Crippen molar-refractivity contribution in [3.05, 3.63) is 54.1 Å². The smallest absolute Gasteiger partial charge is 0.137 e. The van der Waals surface area contributed by atoms with E-state index in [1.54, 1.807) is 12.4 Å². The Balaban J connectivity index is 1.93. The minimum Gasteiger partial charge on any atom is -0.492 e. The number of nitrogens with two attached hydrogens (primary N) is 1. The predicted molar refractivity (Wildman–Crippen MR) is 79.5 cm³/mol. The van der Waals surface area contributed by atoms with Gasteiger partial charge in [-0.25, -0.2) is 0 Å². The van der Waals surface area contributed by atoms with Crippen molar-refractivity contribution in [2.45, 2.75) is 32.2 Å². The highest BCUT2D eigenvalue weighted by atomic mass is 16.5. The summed E-state index contributed by atoms with van der Waals surface area (Å²) in [5.74, 6) is 0.793. The lowest BCUT2D eigenvalue weighted by Gasteiger charge is -2.13. The minimum absolute atomic E-state index is 0.0344. The monoisotopic (exact) mass is 271 g/mol. The molecule has 0 bridgehead atoms. The van der Waals surface area contributed by atoms with Crippen molar-refractivity contribution in [2.24, 2.45) is 5.73 Å². The first kappa shape index (κ1) is 14.5. The molecule has 2 aromatic heterocycles. The third-order valence-electron chi connectivity index (χ3n) is 3.10. The van der Waals surface area contributed by atoms with E-state index in [0.29, 0.717) is 6.61 Å². The second-order valence-corrected chi connectivity index (χ2v) is 4.81. The molecule has 1 atom stereocenters. The van der Waals surface area contributed by atoms with Crippen LogP contribution >= 0.6 is 0 Å². The first-order valence-corrected chi connectivity index (χ1v) is 7.02. The SMILES string of the molecule is CCCOc1cncc(C(N)CCc2cccnc2)c1. The Morgan fingerprint density at radius 1 is 1.25 bits per heavy atom. The highest BCUT2D eigenvalue weighted by molar-refractivity contribution is 5.26. The Morgan fingerprint density at radius 2 is 2.15 bits per heavy atom. The maximum atomic E-state index is 6.22. The lowest BCUT2D eigenvalue weighted by atomic mass is 10.0. The van der Waals surface area contributed by atoms with Gasteiger partial charge in [0.05, 0.1) is 12.8 Å². The van der Waals surface area contributed by atoms with Crippen LogP contribution in [0.3, 0.4) is 0 Å². The Labute approximate surface area is 120 Å². The van der Waals surface area contributed by atoms with Crippen molar-refractivity contribution in [1.29, 1.82) is 0 Å². The van der Waals surface area contributed by atoms with Gasteiger partial charge in [0.1, 0.15) is 5.75 Å².